The molecule has 1 aliphatic carbocycles. The third-order valence-corrected chi connectivity index (χ3v) is 16.6. The number of benzene rings is 12. The molecular weight excluding hydrogens is 909 g/mol. The molecule has 0 saturated heterocycles. The number of hydrogen-bond acceptors (Lipinski definition) is 4. The number of rotatable bonds is 5. The van der Waals surface area contributed by atoms with Crippen molar-refractivity contribution in [3.8, 4) is 44.5 Å². The summed E-state index contributed by atoms with van der Waals surface area (Å²) in [5.74, 6) is 0. The molecule has 4 heteroatoms. The van der Waals surface area contributed by atoms with E-state index in [4.69, 9.17) is 0 Å². The maximum Gasteiger partial charge on any atom is 0.0699 e. The quantitative estimate of drug-likeness (QED) is 0.159. The number of fused-ring (bicyclic) bond motifs is 10. The van der Waals surface area contributed by atoms with Gasteiger partial charge < -0.3 is 19.6 Å². The molecule has 15 rings (SSSR count). The van der Waals surface area contributed by atoms with Crippen molar-refractivity contribution in [1.29, 1.82) is 0 Å². The first-order valence-corrected chi connectivity index (χ1v) is 26.1. The Morgan fingerprint density at radius 1 is 0.280 bits per heavy atom. The van der Waals surface area contributed by atoms with E-state index in [1.807, 2.05) is 0 Å². The smallest absolute Gasteiger partial charge is 0.0699 e. The highest BCUT2D eigenvalue weighted by molar-refractivity contribution is 6.24. The summed E-state index contributed by atoms with van der Waals surface area (Å²) < 4.78 is 0. The van der Waals surface area contributed by atoms with Crippen molar-refractivity contribution in [2.45, 2.75) is 19.3 Å². The molecule has 0 aromatic heterocycles. The molecule has 0 amide bonds. The Morgan fingerprint density at radius 2 is 0.707 bits per heavy atom. The van der Waals surface area contributed by atoms with Crippen molar-refractivity contribution >= 4 is 89.2 Å². The molecule has 3 aliphatic rings. The van der Waals surface area contributed by atoms with Crippen molar-refractivity contribution in [1.82, 2.24) is 0 Å². The van der Waals surface area contributed by atoms with Gasteiger partial charge >= 0.3 is 0 Å². The fourth-order valence-electron chi connectivity index (χ4n) is 13.1. The van der Waals surface area contributed by atoms with E-state index in [2.05, 4.69) is 290 Å². The van der Waals surface area contributed by atoms with Crippen LogP contribution in [0.25, 0.3) is 76.8 Å². The van der Waals surface area contributed by atoms with Crippen LogP contribution in [0.4, 0.5) is 56.9 Å². The minimum absolute atomic E-state index is 0.184. The van der Waals surface area contributed by atoms with Crippen LogP contribution in [0.15, 0.2) is 243 Å². The number of anilines is 10. The lowest BCUT2D eigenvalue weighted by molar-refractivity contribution is 0.660. The number of nitrogens with zero attached hydrogens (tertiary/aromatic N) is 4. The SMILES string of the molecule is CN1c2ccccc2N(c2ccc3c(-c4cc5ccccc5cc4-c4ccccc4)c4cc(N5c6ccccc6N(C)c6ccccc65)ccc4c(-c4ccc5c(c4)C(C)(C)c4ccccc4-5)c3c2)c2ccccc21. The van der Waals surface area contributed by atoms with Crippen molar-refractivity contribution < 1.29 is 0 Å². The number of para-hydroxylation sites is 8. The molecule has 0 unspecified atom stereocenters. The Kier molecular flexibility index (Phi) is 9.40. The Morgan fingerprint density at radius 3 is 1.25 bits per heavy atom. The standard InChI is InChI=1S/C71H52N4/c1-71(2)59-25-11-10-24-51(59)52-37-34-48(42-60(52)71)69-53-38-35-50(75-67-32-18-14-28-63(67)73(4)64-29-15-19-33-68(64)75)44-58(53)70(56-41-47-23-9-8-22-46(47)40-55(56)45-20-6-5-7-21-45)54-39-36-49(43-57(54)69)74-65-30-16-12-26-61(65)72(3)62-27-13-17-31-66(62)74/h5-44H,1-4H3. The molecule has 0 atom stereocenters. The highest BCUT2D eigenvalue weighted by Gasteiger charge is 2.36. The molecular formula is C71H52N4. The molecule has 12 aromatic rings. The lowest BCUT2D eigenvalue weighted by Gasteiger charge is -2.39. The van der Waals surface area contributed by atoms with Crippen LogP contribution < -0.4 is 19.6 Å². The second-order valence-corrected chi connectivity index (χ2v) is 21.0. The zero-order chi connectivity index (χ0) is 50.1. The van der Waals surface area contributed by atoms with Gasteiger partial charge in [-0.15, -0.1) is 0 Å². The van der Waals surface area contributed by atoms with Gasteiger partial charge in [-0.25, -0.2) is 0 Å². The van der Waals surface area contributed by atoms with Crippen molar-refractivity contribution in [2.24, 2.45) is 0 Å². The van der Waals surface area contributed by atoms with Gasteiger partial charge in [-0.1, -0.05) is 166 Å². The van der Waals surface area contributed by atoms with E-state index < -0.39 is 0 Å². The average Bonchev–Trinajstić information content (AvgIpc) is 3.72. The number of hydrogen-bond donors (Lipinski definition) is 0. The molecule has 4 nitrogen and oxygen atoms in total. The molecule has 2 heterocycles. The predicted octanol–water partition coefficient (Wildman–Crippen LogP) is 19.6. The minimum Gasteiger partial charge on any atom is -0.341 e. The Balaban J connectivity index is 1.09. The molecule has 75 heavy (non-hydrogen) atoms. The fraction of sp³-hybridized carbons (Fsp3) is 0.0704. The zero-order valence-corrected chi connectivity index (χ0v) is 42.4. The summed E-state index contributed by atoms with van der Waals surface area (Å²) in [4.78, 5) is 9.58. The van der Waals surface area contributed by atoms with Crippen molar-refractivity contribution in [3.05, 3.63) is 254 Å². The predicted molar refractivity (Wildman–Crippen MR) is 318 cm³/mol. The van der Waals surface area contributed by atoms with Gasteiger partial charge in [0.05, 0.1) is 45.5 Å². The molecule has 0 radical (unpaired) electrons. The van der Waals surface area contributed by atoms with Gasteiger partial charge in [-0.05, 0) is 179 Å². The van der Waals surface area contributed by atoms with Crippen LogP contribution in [-0.4, -0.2) is 14.1 Å². The van der Waals surface area contributed by atoms with Crippen LogP contribution in [-0.2, 0) is 5.41 Å². The maximum atomic E-state index is 2.52. The monoisotopic (exact) mass is 960 g/mol. The van der Waals surface area contributed by atoms with E-state index in [9.17, 15) is 0 Å². The van der Waals surface area contributed by atoms with Crippen LogP contribution in [0.2, 0.25) is 0 Å². The molecule has 356 valence electrons. The third kappa shape index (κ3) is 6.36. The van der Waals surface area contributed by atoms with Gasteiger partial charge in [0.15, 0.2) is 0 Å². The van der Waals surface area contributed by atoms with Gasteiger partial charge in [0, 0.05) is 30.9 Å². The Hall–Kier alpha value is -9.38. The normalized spacial score (nSPS) is 13.9. The summed E-state index contributed by atoms with van der Waals surface area (Å²) >= 11 is 0. The van der Waals surface area contributed by atoms with Crippen molar-refractivity contribution in [2.75, 3.05) is 33.7 Å². The summed E-state index contributed by atoms with van der Waals surface area (Å²) in [6.45, 7) is 4.79. The van der Waals surface area contributed by atoms with E-state index in [0.29, 0.717) is 0 Å². The van der Waals surface area contributed by atoms with Gasteiger partial charge in [0.25, 0.3) is 0 Å². The van der Waals surface area contributed by atoms with Crippen LogP contribution in [0.1, 0.15) is 25.0 Å². The first-order chi connectivity index (χ1) is 36.8. The molecule has 0 saturated carbocycles. The molecule has 0 bridgehead atoms. The molecule has 0 fully saturated rings. The van der Waals surface area contributed by atoms with E-state index >= 15 is 0 Å². The van der Waals surface area contributed by atoms with Gasteiger partial charge in [0.1, 0.15) is 0 Å². The van der Waals surface area contributed by atoms with Gasteiger partial charge in [0.2, 0.25) is 0 Å². The average molecular weight is 961 g/mol. The highest BCUT2D eigenvalue weighted by atomic mass is 15.3. The van der Waals surface area contributed by atoms with E-state index in [0.717, 1.165) is 45.5 Å². The summed E-state index contributed by atoms with van der Waals surface area (Å²) in [7, 11) is 4.36. The van der Waals surface area contributed by atoms with Gasteiger partial charge in [-0.2, -0.15) is 0 Å². The lowest BCUT2D eigenvalue weighted by Crippen LogP contribution is -2.24. The van der Waals surface area contributed by atoms with Crippen molar-refractivity contribution in [3.63, 3.8) is 0 Å². The summed E-state index contributed by atoms with van der Waals surface area (Å²) in [5, 5.41) is 7.22. The summed E-state index contributed by atoms with van der Waals surface area (Å²) in [6.07, 6.45) is 0. The third-order valence-electron chi connectivity index (χ3n) is 16.6. The first-order valence-electron chi connectivity index (χ1n) is 26.1. The fourth-order valence-corrected chi connectivity index (χ4v) is 13.1. The van der Waals surface area contributed by atoms with E-state index in [-0.39, 0.29) is 5.41 Å². The highest BCUT2D eigenvalue weighted by Crippen LogP contribution is 2.57. The van der Waals surface area contributed by atoms with Crippen LogP contribution >= 0.6 is 0 Å². The largest absolute Gasteiger partial charge is 0.341 e. The minimum atomic E-state index is -0.184. The zero-order valence-electron chi connectivity index (χ0n) is 42.4. The topological polar surface area (TPSA) is 13.0 Å². The maximum absolute atomic E-state index is 2.52. The second-order valence-electron chi connectivity index (χ2n) is 21.0. The molecule has 0 spiro atoms. The van der Waals surface area contributed by atoms with Crippen LogP contribution in [0.3, 0.4) is 0 Å². The van der Waals surface area contributed by atoms with Crippen LogP contribution in [0, 0.1) is 0 Å². The Labute approximate surface area is 438 Å². The molecule has 2 aliphatic heterocycles. The molecule has 12 aromatic carbocycles. The Bertz CT molecular complexity index is 4250. The lowest BCUT2D eigenvalue weighted by atomic mass is 9.79. The first kappa shape index (κ1) is 43.2. The van der Waals surface area contributed by atoms with Crippen LogP contribution in [0.5, 0.6) is 0 Å². The summed E-state index contributed by atoms with van der Waals surface area (Å²) in [6, 6.07) is 90.7. The summed E-state index contributed by atoms with van der Waals surface area (Å²) in [5.41, 5.74) is 23.9. The van der Waals surface area contributed by atoms with E-state index in [1.54, 1.807) is 0 Å². The molecule has 0 N–H and O–H groups in total. The van der Waals surface area contributed by atoms with Gasteiger partial charge in [-0.3, -0.25) is 0 Å². The van der Waals surface area contributed by atoms with E-state index in [1.165, 1.54) is 99.3 Å². The second kappa shape index (κ2) is 16.3.